The number of aliphatic hydroxyl groups is 3. The number of hydrogen-bond donors (Lipinski definition) is 3. The van der Waals surface area contributed by atoms with Crippen molar-refractivity contribution in [3.8, 4) is 0 Å². The van der Waals surface area contributed by atoms with E-state index in [1.165, 1.54) is 0 Å². The Kier molecular flexibility index (Phi) is 3.22. The van der Waals surface area contributed by atoms with Crippen LogP contribution in [0.4, 0.5) is 0 Å². The van der Waals surface area contributed by atoms with Crippen LogP contribution in [0.1, 0.15) is 6.42 Å². The quantitative estimate of drug-likeness (QED) is 0.472. The first-order valence-electron chi connectivity index (χ1n) is 3.93. The van der Waals surface area contributed by atoms with Gasteiger partial charge in [-0.15, -0.1) is 6.58 Å². The van der Waals surface area contributed by atoms with E-state index in [0.29, 0.717) is 6.42 Å². The smallest absolute Gasteiger partial charge is 0.111 e. The molecule has 4 atom stereocenters. The molecule has 0 unspecified atom stereocenters. The second kappa shape index (κ2) is 4.00. The van der Waals surface area contributed by atoms with E-state index < -0.39 is 24.4 Å². The first kappa shape index (κ1) is 9.67. The molecule has 1 heterocycles. The maximum absolute atomic E-state index is 9.36. The van der Waals surface area contributed by atoms with Crippen molar-refractivity contribution in [3.63, 3.8) is 0 Å². The van der Waals surface area contributed by atoms with Gasteiger partial charge in [0, 0.05) is 0 Å². The minimum absolute atomic E-state index is 0.0662. The highest BCUT2D eigenvalue weighted by Gasteiger charge is 2.36. The van der Waals surface area contributed by atoms with E-state index in [9.17, 15) is 10.2 Å². The van der Waals surface area contributed by atoms with Gasteiger partial charge < -0.3 is 20.1 Å². The summed E-state index contributed by atoms with van der Waals surface area (Å²) in [5.41, 5.74) is 0. The van der Waals surface area contributed by atoms with Crippen molar-refractivity contribution in [1.29, 1.82) is 0 Å². The fraction of sp³-hybridized carbons (Fsp3) is 0.750. The molecule has 1 aliphatic rings. The average molecular weight is 174 g/mol. The fourth-order valence-electron chi connectivity index (χ4n) is 1.24. The molecule has 0 aromatic carbocycles. The second-order valence-electron chi connectivity index (χ2n) is 2.94. The number of aliphatic hydroxyl groups excluding tert-OH is 3. The molecule has 0 amide bonds. The van der Waals surface area contributed by atoms with E-state index in [4.69, 9.17) is 9.84 Å². The molecule has 0 aromatic rings. The van der Waals surface area contributed by atoms with Crippen molar-refractivity contribution in [1.82, 2.24) is 0 Å². The Balaban J connectivity index is 2.52. The number of hydrogen-bond acceptors (Lipinski definition) is 4. The minimum atomic E-state index is -1.11. The van der Waals surface area contributed by atoms with E-state index in [1.807, 2.05) is 0 Å². The van der Waals surface area contributed by atoms with Crippen LogP contribution in [0.15, 0.2) is 12.7 Å². The molecule has 1 aliphatic heterocycles. The highest BCUT2D eigenvalue weighted by molar-refractivity contribution is 4.89. The summed E-state index contributed by atoms with van der Waals surface area (Å²) in [7, 11) is 0. The molecule has 0 spiro atoms. The highest BCUT2D eigenvalue weighted by Crippen LogP contribution is 2.17. The van der Waals surface area contributed by atoms with E-state index in [1.54, 1.807) is 6.08 Å². The lowest BCUT2D eigenvalue weighted by Crippen LogP contribution is -2.52. The van der Waals surface area contributed by atoms with Gasteiger partial charge in [-0.3, -0.25) is 0 Å². The molecule has 1 saturated heterocycles. The lowest BCUT2D eigenvalue weighted by molar-refractivity contribution is -0.185. The van der Waals surface area contributed by atoms with Crippen molar-refractivity contribution in [3.05, 3.63) is 12.7 Å². The van der Waals surface area contributed by atoms with E-state index in [2.05, 4.69) is 6.58 Å². The van der Waals surface area contributed by atoms with Gasteiger partial charge in [-0.05, 0) is 6.42 Å². The Morgan fingerprint density at radius 1 is 1.33 bits per heavy atom. The van der Waals surface area contributed by atoms with Gasteiger partial charge in [-0.25, -0.2) is 0 Å². The summed E-state index contributed by atoms with van der Waals surface area (Å²) in [5.74, 6) is 0. The number of ether oxygens (including phenoxy) is 1. The molecule has 0 saturated carbocycles. The third-order valence-corrected chi connectivity index (χ3v) is 2.01. The molecule has 12 heavy (non-hydrogen) atoms. The topological polar surface area (TPSA) is 69.9 Å². The van der Waals surface area contributed by atoms with Crippen LogP contribution in [-0.4, -0.2) is 46.3 Å². The first-order chi connectivity index (χ1) is 5.66. The van der Waals surface area contributed by atoms with Gasteiger partial charge in [0.1, 0.15) is 18.3 Å². The van der Waals surface area contributed by atoms with Gasteiger partial charge in [0.2, 0.25) is 0 Å². The second-order valence-corrected chi connectivity index (χ2v) is 2.94. The highest BCUT2D eigenvalue weighted by atomic mass is 16.5. The standard InChI is InChI=1S/C8H14O4/c1-2-3-6-8(11)7(10)5(9)4-12-6/h2,5-11H,1,3-4H2/t5-,6-,7+,8+/m1/s1. The summed E-state index contributed by atoms with van der Waals surface area (Å²) in [6, 6.07) is 0. The van der Waals surface area contributed by atoms with E-state index in [0.717, 1.165) is 0 Å². The molecular weight excluding hydrogens is 160 g/mol. The summed E-state index contributed by atoms with van der Waals surface area (Å²) in [5, 5.41) is 27.7. The predicted molar refractivity (Wildman–Crippen MR) is 42.6 cm³/mol. The van der Waals surface area contributed by atoms with Crippen molar-refractivity contribution < 1.29 is 20.1 Å². The van der Waals surface area contributed by atoms with Crippen molar-refractivity contribution in [2.45, 2.75) is 30.8 Å². The molecule has 4 heteroatoms. The summed E-state index contributed by atoms with van der Waals surface area (Å²) in [6.07, 6.45) is -1.47. The maximum Gasteiger partial charge on any atom is 0.111 e. The minimum Gasteiger partial charge on any atom is -0.388 e. The summed E-state index contributed by atoms with van der Waals surface area (Å²) < 4.78 is 5.08. The molecule has 70 valence electrons. The summed E-state index contributed by atoms with van der Waals surface area (Å²) in [6.45, 7) is 3.56. The zero-order valence-electron chi connectivity index (χ0n) is 6.76. The zero-order valence-corrected chi connectivity index (χ0v) is 6.76. The molecule has 0 aliphatic carbocycles. The maximum atomic E-state index is 9.36. The molecule has 0 radical (unpaired) electrons. The predicted octanol–water partition coefficient (Wildman–Crippen LogP) is -0.956. The third kappa shape index (κ3) is 1.84. The Bertz CT molecular complexity index is 159. The third-order valence-electron chi connectivity index (χ3n) is 2.01. The average Bonchev–Trinajstić information content (AvgIpc) is 2.07. The van der Waals surface area contributed by atoms with Crippen molar-refractivity contribution in [2.75, 3.05) is 6.61 Å². The largest absolute Gasteiger partial charge is 0.388 e. The van der Waals surface area contributed by atoms with Crippen molar-refractivity contribution >= 4 is 0 Å². The van der Waals surface area contributed by atoms with Gasteiger partial charge in [0.25, 0.3) is 0 Å². The normalized spacial score (nSPS) is 42.6. The van der Waals surface area contributed by atoms with Gasteiger partial charge >= 0.3 is 0 Å². The van der Waals surface area contributed by atoms with Crippen molar-refractivity contribution in [2.24, 2.45) is 0 Å². The first-order valence-corrected chi connectivity index (χ1v) is 3.93. The van der Waals surface area contributed by atoms with Crippen LogP contribution in [0.3, 0.4) is 0 Å². The van der Waals surface area contributed by atoms with Crippen LogP contribution < -0.4 is 0 Å². The molecule has 1 fully saturated rings. The monoisotopic (exact) mass is 174 g/mol. The van der Waals surface area contributed by atoms with Gasteiger partial charge in [0.15, 0.2) is 0 Å². The Morgan fingerprint density at radius 3 is 2.58 bits per heavy atom. The molecular formula is C8H14O4. The Hall–Kier alpha value is -0.420. The van der Waals surface area contributed by atoms with Gasteiger partial charge in [-0.1, -0.05) is 6.08 Å². The van der Waals surface area contributed by atoms with E-state index >= 15 is 0 Å². The lowest BCUT2D eigenvalue weighted by atomic mass is 9.98. The Morgan fingerprint density at radius 2 is 2.00 bits per heavy atom. The summed E-state index contributed by atoms with van der Waals surface area (Å²) >= 11 is 0. The number of rotatable bonds is 2. The van der Waals surface area contributed by atoms with Crippen LogP contribution >= 0.6 is 0 Å². The zero-order chi connectivity index (χ0) is 9.14. The Labute approximate surface area is 71.1 Å². The molecule has 0 bridgehead atoms. The lowest BCUT2D eigenvalue weighted by Gasteiger charge is -2.34. The van der Waals surface area contributed by atoms with Crippen LogP contribution in [0.25, 0.3) is 0 Å². The van der Waals surface area contributed by atoms with Crippen LogP contribution in [0.2, 0.25) is 0 Å². The molecule has 1 rings (SSSR count). The molecule has 0 aromatic heterocycles. The van der Waals surface area contributed by atoms with E-state index in [-0.39, 0.29) is 6.61 Å². The fourth-order valence-corrected chi connectivity index (χ4v) is 1.24. The van der Waals surface area contributed by atoms with Gasteiger partial charge in [0.05, 0.1) is 12.7 Å². The van der Waals surface area contributed by atoms with Crippen LogP contribution in [0.5, 0.6) is 0 Å². The summed E-state index contributed by atoms with van der Waals surface area (Å²) in [4.78, 5) is 0. The molecule has 3 N–H and O–H groups in total. The van der Waals surface area contributed by atoms with Gasteiger partial charge in [-0.2, -0.15) is 0 Å². The molecule has 4 nitrogen and oxygen atoms in total. The van der Waals surface area contributed by atoms with Crippen LogP contribution in [0, 0.1) is 0 Å². The SMILES string of the molecule is C=CC[C@H]1OC[C@@H](O)[C@H](O)[C@H]1O. The van der Waals surface area contributed by atoms with Crippen LogP contribution in [-0.2, 0) is 4.74 Å².